The van der Waals surface area contributed by atoms with E-state index >= 15 is 0 Å². The molecule has 33 heavy (non-hydrogen) atoms. The van der Waals surface area contributed by atoms with Crippen LogP contribution >= 0.6 is 0 Å². The Morgan fingerprint density at radius 1 is 1.06 bits per heavy atom. The summed E-state index contributed by atoms with van der Waals surface area (Å²) in [7, 11) is 1.60. The molecule has 1 atom stereocenters. The van der Waals surface area contributed by atoms with Crippen molar-refractivity contribution in [2.24, 2.45) is 11.1 Å². The Morgan fingerprint density at radius 2 is 1.85 bits per heavy atom. The highest BCUT2D eigenvalue weighted by Crippen LogP contribution is 2.35. The normalized spacial score (nSPS) is 18.0. The fourth-order valence-electron chi connectivity index (χ4n) is 4.64. The van der Waals surface area contributed by atoms with Gasteiger partial charge in [-0.05, 0) is 48.1 Å². The highest BCUT2D eigenvalue weighted by Gasteiger charge is 2.42. The quantitative estimate of drug-likeness (QED) is 0.604. The molecule has 1 saturated heterocycles. The second kappa shape index (κ2) is 9.86. The number of para-hydroxylation sites is 1. The van der Waals surface area contributed by atoms with Gasteiger partial charge in [-0.1, -0.05) is 48.5 Å². The minimum absolute atomic E-state index is 0.0169. The minimum atomic E-state index is -0.773. The van der Waals surface area contributed by atoms with Gasteiger partial charge in [0.1, 0.15) is 5.75 Å². The molecule has 2 amide bonds. The number of hydrogen-bond acceptors (Lipinski definition) is 4. The zero-order valence-corrected chi connectivity index (χ0v) is 18.9. The predicted molar refractivity (Wildman–Crippen MR) is 128 cm³/mol. The summed E-state index contributed by atoms with van der Waals surface area (Å²) in [4.78, 5) is 31.7. The Balaban J connectivity index is 1.50. The molecule has 0 saturated carbocycles. The van der Waals surface area contributed by atoms with Crippen LogP contribution in [0.2, 0.25) is 0 Å². The number of ether oxygens (including phenoxy) is 1. The third kappa shape index (κ3) is 5.06. The van der Waals surface area contributed by atoms with E-state index < -0.39 is 5.41 Å². The van der Waals surface area contributed by atoms with Crippen LogP contribution in [0.15, 0.2) is 73.1 Å². The van der Waals surface area contributed by atoms with Crippen molar-refractivity contribution in [2.45, 2.75) is 25.7 Å². The van der Waals surface area contributed by atoms with Crippen LogP contribution in [0.1, 0.15) is 24.0 Å². The molecule has 6 nitrogen and oxygen atoms in total. The summed E-state index contributed by atoms with van der Waals surface area (Å²) in [5.41, 5.74) is 9.13. The first-order valence-corrected chi connectivity index (χ1v) is 11.2. The van der Waals surface area contributed by atoms with Crippen LogP contribution in [0.3, 0.4) is 0 Å². The number of carbonyl (C=O) groups is 2. The minimum Gasteiger partial charge on any atom is -0.496 e. The standard InChI is InChI=1S/C27H29N3O3/c1-33-24-8-3-2-6-22(24)16-25(31)30-15-5-13-27(19-30,26(28)32)17-20-9-11-21(12-10-20)23-7-4-14-29-18-23/h2-4,6-12,14,18H,5,13,15-17,19H2,1H3,(H2,28,32). The van der Waals surface area contributed by atoms with E-state index in [9.17, 15) is 9.59 Å². The summed E-state index contributed by atoms with van der Waals surface area (Å²) in [6.07, 6.45) is 5.73. The Bertz CT molecular complexity index is 1110. The molecule has 2 aromatic carbocycles. The summed E-state index contributed by atoms with van der Waals surface area (Å²) in [6, 6.07) is 19.6. The topological polar surface area (TPSA) is 85.5 Å². The fourth-order valence-corrected chi connectivity index (χ4v) is 4.64. The van der Waals surface area contributed by atoms with Crippen molar-refractivity contribution in [3.8, 4) is 16.9 Å². The van der Waals surface area contributed by atoms with Crippen LogP contribution < -0.4 is 10.5 Å². The van der Waals surface area contributed by atoms with Crippen molar-refractivity contribution in [2.75, 3.05) is 20.2 Å². The van der Waals surface area contributed by atoms with Gasteiger partial charge in [-0.25, -0.2) is 0 Å². The van der Waals surface area contributed by atoms with E-state index in [4.69, 9.17) is 10.5 Å². The van der Waals surface area contributed by atoms with Gasteiger partial charge in [-0.3, -0.25) is 14.6 Å². The maximum atomic E-state index is 13.1. The lowest BCUT2D eigenvalue weighted by atomic mass is 9.74. The molecule has 170 valence electrons. The average Bonchev–Trinajstić information content (AvgIpc) is 2.85. The summed E-state index contributed by atoms with van der Waals surface area (Å²) >= 11 is 0. The van der Waals surface area contributed by atoms with Gasteiger partial charge in [0, 0.05) is 31.0 Å². The van der Waals surface area contributed by atoms with Crippen molar-refractivity contribution in [1.82, 2.24) is 9.88 Å². The number of methoxy groups -OCH3 is 1. The molecule has 1 aliphatic heterocycles. The van der Waals surface area contributed by atoms with E-state index in [1.807, 2.05) is 66.9 Å². The number of rotatable bonds is 7. The number of amides is 2. The van der Waals surface area contributed by atoms with Crippen molar-refractivity contribution >= 4 is 11.8 Å². The second-order valence-corrected chi connectivity index (χ2v) is 8.67. The molecule has 0 spiro atoms. The third-order valence-electron chi connectivity index (χ3n) is 6.48. The molecule has 3 aromatic rings. The van der Waals surface area contributed by atoms with Gasteiger partial charge >= 0.3 is 0 Å². The number of primary amides is 1. The number of likely N-dealkylation sites (tertiary alicyclic amines) is 1. The van der Waals surface area contributed by atoms with E-state index in [-0.39, 0.29) is 18.2 Å². The summed E-state index contributed by atoms with van der Waals surface area (Å²) < 4.78 is 5.38. The first kappa shape index (κ1) is 22.5. The van der Waals surface area contributed by atoms with Crippen LogP contribution in [-0.4, -0.2) is 41.9 Å². The SMILES string of the molecule is COc1ccccc1CC(=O)N1CCCC(Cc2ccc(-c3cccnc3)cc2)(C(N)=O)C1. The van der Waals surface area contributed by atoms with Crippen LogP contribution in [0.5, 0.6) is 5.75 Å². The highest BCUT2D eigenvalue weighted by atomic mass is 16.5. The highest BCUT2D eigenvalue weighted by molar-refractivity contribution is 5.84. The maximum absolute atomic E-state index is 13.1. The molecule has 1 fully saturated rings. The number of hydrogen-bond donors (Lipinski definition) is 1. The first-order chi connectivity index (χ1) is 16.0. The first-order valence-electron chi connectivity index (χ1n) is 11.2. The van der Waals surface area contributed by atoms with Crippen molar-refractivity contribution in [3.05, 3.63) is 84.2 Å². The van der Waals surface area contributed by atoms with Gasteiger partial charge < -0.3 is 15.4 Å². The number of pyridine rings is 1. The fraction of sp³-hybridized carbons (Fsp3) is 0.296. The van der Waals surface area contributed by atoms with Gasteiger partial charge in [-0.15, -0.1) is 0 Å². The van der Waals surface area contributed by atoms with Crippen LogP contribution in [0.25, 0.3) is 11.1 Å². The van der Waals surface area contributed by atoms with Crippen molar-refractivity contribution < 1.29 is 14.3 Å². The molecule has 0 bridgehead atoms. The van der Waals surface area contributed by atoms with Crippen LogP contribution in [-0.2, 0) is 22.4 Å². The smallest absolute Gasteiger partial charge is 0.227 e. The number of nitrogens with two attached hydrogens (primary N) is 1. The summed E-state index contributed by atoms with van der Waals surface area (Å²) in [6.45, 7) is 0.962. The molecular weight excluding hydrogens is 414 g/mol. The average molecular weight is 444 g/mol. The summed E-state index contributed by atoms with van der Waals surface area (Å²) in [5, 5.41) is 0. The van der Waals surface area contributed by atoms with Crippen molar-refractivity contribution in [3.63, 3.8) is 0 Å². The molecule has 1 aliphatic rings. The number of nitrogens with zero attached hydrogens (tertiary/aromatic N) is 2. The Kier molecular flexibility index (Phi) is 6.73. The number of carbonyl (C=O) groups excluding carboxylic acids is 2. The second-order valence-electron chi connectivity index (χ2n) is 8.67. The number of piperidine rings is 1. The number of aromatic nitrogens is 1. The predicted octanol–water partition coefficient (Wildman–Crippen LogP) is 3.64. The lowest BCUT2D eigenvalue weighted by Gasteiger charge is -2.41. The zero-order valence-electron chi connectivity index (χ0n) is 18.9. The molecule has 4 rings (SSSR count). The van der Waals surface area contributed by atoms with Gasteiger partial charge in [0.05, 0.1) is 18.9 Å². The Labute approximate surface area is 194 Å². The molecule has 2 heterocycles. The van der Waals surface area contributed by atoms with Gasteiger partial charge in [0.2, 0.25) is 11.8 Å². The molecule has 2 N–H and O–H groups in total. The van der Waals surface area contributed by atoms with E-state index in [0.29, 0.717) is 31.7 Å². The summed E-state index contributed by atoms with van der Waals surface area (Å²) in [5.74, 6) is 0.322. The lowest BCUT2D eigenvalue weighted by Crippen LogP contribution is -2.53. The molecule has 1 unspecified atom stereocenters. The van der Waals surface area contributed by atoms with E-state index in [1.54, 1.807) is 18.2 Å². The van der Waals surface area contributed by atoms with Gasteiger partial charge in [0.15, 0.2) is 0 Å². The Morgan fingerprint density at radius 3 is 2.55 bits per heavy atom. The molecule has 0 radical (unpaired) electrons. The van der Waals surface area contributed by atoms with Gasteiger partial charge in [0.25, 0.3) is 0 Å². The lowest BCUT2D eigenvalue weighted by molar-refractivity contribution is -0.139. The molecular formula is C27H29N3O3. The molecule has 0 aliphatic carbocycles. The van der Waals surface area contributed by atoms with E-state index in [0.717, 1.165) is 28.7 Å². The van der Waals surface area contributed by atoms with Crippen LogP contribution in [0.4, 0.5) is 0 Å². The molecule has 1 aromatic heterocycles. The Hall–Kier alpha value is -3.67. The number of benzene rings is 2. The van der Waals surface area contributed by atoms with Crippen LogP contribution in [0, 0.1) is 5.41 Å². The monoisotopic (exact) mass is 443 g/mol. The van der Waals surface area contributed by atoms with Gasteiger partial charge in [-0.2, -0.15) is 0 Å². The molecule has 6 heteroatoms. The zero-order chi connectivity index (χ0) is 23.3. The maximum Gasteiger partial charge on any atom is 0.227 e. The largest absolute Gasteiger partial charge is 0.496 e. The van der Waals surface area contributed by atoms with E-state index in [1.165, 1.54) is 0 Å². The van der Waals surface area contributed by atoms with E-state index in [2.05, 4.69) is 4.98 Å². The third-order valence-corrected chi connectivity index (χ3v) is 6.48. The van der Waals surface area contributed by atoms with Crippen molar-refractivity contribution in [1.29, 1.82) is 0 Å².